The molecule has 0 saturated heterocycles. The van der Waals surface area contributed by atoms with Gasteiger partial charge in [0.1, 0.15) is 11.6 Å². The minimum absolute atomic E-state index is 0.115. The van der Waals surface area contributed by atoms with E-state index in [1.165, 1.54) is 13.2 Å². The van der Waals surface area contributed by atoms with Gasteiger partial charge in [0.25, 0.3) is 5.91 Å². The van der Waals surface area contributed by atoms with Gasteiger partial charge in [-0.05, 0) is 50.7 Å². The van der Waals surface area contributed by atoms with Gasteiger partial charge in [-0.1, -0.05) is 48.5 Å². The van der Waals surface area contributed by atoms with E-state index in [-0.39, 0.29) is 18.1 Å². The lowest BCUT2D eigenvalue weighted by Gasteiger charge is -2.33. The summed E-state index contributed by atoms with van der Waals surface area (Å²) in [5.41, 5.74) is 5.15. The lowest BCUT2D eigenvalue weighted by molar-refractivity contribution is -0.130. The van der Waals surface area contributed by atoms with Crippen LogP contribution in [-0.4, -0.2) is 58.9 Å². The number of imidazole rings is 1. The number of carbonyl (C=O) groups excluding carboxylic acids is 3. The molecule has 48 heavy (non-hydrogen) atoms. The second-order valence-electron chi connectivity index (χ2n) is 11.5. The van der Waals surface area contributed by atoms with Crippen molar-refractivity contribution in [3.63, 3.8) is 0 Å². The number of halogens is 2. The number of fused-ring (bicyclic) bond motifs is 1. The van der Waals surface area contributed by atoms with Crippen molar-refractivity contribution < 1.29 is 37.5 Å². The molecule has 2 N–H and O–H groups in total. The monoisotopic (exact) mass is 662 g/mol. The zero-order valence-corrected chi connectivity index (χ0v) is 26.9. The molecule has 2 heterocycles. The third kappa shape index (κ3) is 7.96. The van der Waals surface area contributed by atoms with E-state index in [1.807, 2.05) is 42.3 Å². The summed E-state index contributed by atoms with van der Waals surface area (Å²) in [6, 6.07) is 19.5. The van der Waals surface area contributed by atoms with Crippen LogP contribution in [0.1, 0.15) is 30.7 Å². The molecule has 3 aromatic carbocycles. The molecule has 5 rings (SSSR count). The summed E-state index contributed by atoms with van der Waals surface area (Å²) < 4.78 is 42.2. The van der Waals surface area contributed by atoms with Gasteiger partial charge in [-0.2, -0.15) is 0 Å². The van der Waals surface area contributed by atoms with Crippen LogP contribution in [0.15, 0.2) is 72.8 Å². The summed E-state index contributed by atoms with van der Waals surface area (Å²) in [5, 5.41) is 2.64. The summed E-state index contributed by atoms with van der Waals surface area (Å²) in [6.45, 7) is 3.56. The molecule has 1 atom stereocenters. The van der Waals surface area contributed by atoms with E-state index < -0.39 is 48.5 Å². The molecule has 0 radical (unpaired) electrons. The fraction of sp³-hybridized carbons (Fsp3) is 0.294. The van der Waals surface area contributed by atoms with Crippen LogP contribution >= 0.6 is 0 Å². The Morgan fingerprint density at radius 3 is 2.33 bits per heavy atom. The summed E-state index contributed by atoms with van der Waals surface area (Å²) >= 11 is 0. The minimum atomic E-state index is -1.37. The number of carbonyl (C=O) groups is 3. The first-order valence-electron chi connectivity index (χ1n) is 15.2. The molecule has 14 heteroatoms. The number of amides is 3. The van der Waals surface area contributed by atoms with E-state index >= 15 is 0 Å². The summed E-state index contributed by atoms with van der Waals surface area (Å²) in [7, 11) is 3.24. The predicted octanol–water partition coefficient (Wildman–Crippen LogP) is 5.62. The zero-order chi connectivity index (χ0) is 34.4. The number of anilines is 2. The van der Waals surface area contributed by atoms with Gasteiger partial charge in [0.2, 0.25) is 12.1 Å². The van der Waals surface area contributed by atoms with Crippen LogP contribution in [-0.2, 0) is 45.3 Å². The molecule has 0 fully saturated rings. The van der Waals surface area contributed by atoms with Gasteiger partial charge in [-0.3, -0.25) is 19.4 Å². The number of hydrogen-bond donors (Lipinski definition) is 2. The quantitative estimate of drug-likeness (QED) is 0.157. The molecule has 1 aromatic heterocycles. The Labute approximate surface area is 276 Å². The SMILES string of the molecule is CONC(=O)Nc1ccc(-c2nc3n(c2CN(C)Cc2ccccc2)C[C@H](OC(=O)OC(C)C)C(=O)N3Cc2c(F)cccc2F)cc1. The highest BCUT2D eigenvalue weighted by Gasteiger charge is 2.40. The van der Waals surface area contributed by atoms with E-state index in [0.717, 1.165) is 22.6 Å². The second-order valence-corrected chi connectivity index (χ2v) is 11.5. The van der Waals surface area contributed by atoms with Gasteiger partial charge in [0.15, 0.2) is 0 Å². The van der Waals surface area contributed by atoms with E-state index in [1.54, 1.807) is 42.7 Å². The molecule has 0 spiro atoms. The van der Waals surface area contributed by atoms with Gasteiger partial charge in [0, 0.05) is 29.9 Å². The average molecular weight is 663 g/mol. The first-order chi connectivity index (χ1) is 23.0. The van der Waals surface area contributed by atoms with Crippen molar-refractivity contribution in [2.45, 2.75) is 52.2 Å². The maximum Gasteiger partial charge on any atom is 0.509 e. The van der Waals surface area contributed by atoms with Crippen molar-refractivity contribution in [3.05, 3.63) is 101 Å². The summed E-state index contributed by atoms with van der Waals surface area (Å²) in [6.07, 6.45) is -2.92. The fourth-order valence-corrected chi connectivity index (χ4v) is 5.36. The standard InChI is InChI=1S/C34H36F2N6O6/c1-21(2)47-34(45)48-29-20-41-28(19-40(3)17-22-9-6-5-7-10-22)30(23-13-15-24(16-14-23)37-32(44)39-46-4)38-33(41)42(31(29)43)18-25-26(35)11-8-12-27(25)36/h5-16,21,29H,17-20H2,1-4H3,(H2,37,39,44)/t29-/m0/s1. The summed E-state index contributed by atoms with van der Waals surface area (Å²) in [4.78, 5) is 51.1. The van der Waals surface area contributed by atoms with Gasteiger partial charge in [0.05, 0.1) is 37.7 Å². The van der Waals surface area contributed by atoms with Crippen molar-refractivity contribution in [2.75, 3.05) is 24.4 Å². The Morgan fingerprint density at radius 2 is 1.69 bits per heavy atom. The number of benzene rings is 3. The minimum Gasteiger partial charge on any atom is -0.432 e. The van der Waals surface area contributed by atoms with Gasteiger partial charge in [-0.15, -0.1) is 0 Å². The number of nitrogens with one attached hydrogen (secondary N) is 2. The fourth-order valence-electron chi connectivity index (χ4n) is 5.36. The smallest absolute Gasteiger partial charge is 0.432 e. The lowest BCUT2D eigenvalue weighted by atomic mass is 10.1. The molecule has 1 aliphatic heterocycles. The van der Waals surface area contributed by atoms with Crippen LogP contribution in [0.3, 0.4) is 0 Å². The normalized spacial score (nSPS) is 14.2. The van der Waals surface area contributed by atoms with Crippen molar-refractivity contribution >= 4 is 29.7 Å². The number of ether oxygens (including phenoxy) is 2. The van der Waals surface area contributed by atoms with Crippen LogP contribution in [0.25, 0.3) is 11.3 Å². The maximum atomic E-state index is 14.9. The molecular weight excluding hydrogens is 626 g/mol. The molecule has 3 amide bonds. The predicted molar refractivity (Wildman–Crippen MR) is 172 cm³/mol. The van der Waals surface area contributed by atoms with Crippen LogP contribution in [0.4, 0.5) is 30.0 Å². The highest BCUT2D eigenvalue weighted by Crippen LogP contribution is 2.35. The molecular formula is C34H36F2N6O6. The molecule has 252 valence electrons. The van der Waals surface area contributed by atoms with Crippen LogP contribution in [0.5, 0.6) is 0 Å². The van der Waals surface area contributed by atoms with Gasteiger partial charge in [-0.25, -0.2) is 28.8 Å². The summed E-state index contributed by atoms with van der Waals surface area (Å²) in [5.74, 6) is -2.27. The Balaban J connectivity index is 1.59. The zero-order valence-electron chi connectivity index (χ0n) is 26.9. The largest absolute Gasteiger partial charge is 0.509 e. The Morgan fingerprint density at radius 1 is 1.00 bits per heavy atom. The Bertz CT molecular complexity index is 1750. The van der Waals surface area contributed by atoms with Crippen molar-refractivity contribution in [2.24, 2.45) is 0 Å². The molecule has 1 aliphatic rings. The van der Waals surface area contributed by atoms with E-state index in [0.29, 0.717) is 35.7 Å². The number of rotatable bonds is 11. The highest BCUT2D eigenvalue weighted by atomic mass is 19.1. The van der Waals surface area contributed by atoms with E-state index in [4.69, 9.17) is 14.5 Å². The second kappa shape index (κ2) is 15.0. The van der Waals surface area contributed by atoms with Gasteiger partial charge < -0.3 is 19.4 Å². The van der Waals surface area contributed by atoms with Crippen LogP contribution in [0, 0.1) is 11.6 Å². The molecule has 12 nitrogen and oxygen atoms in total. The Kier molecular flexibility index (Phi) is 10.7. The molecule has 0 saturated carbocycles. The third-order valence-electron chi connectivity index (χ3n) is 7.46. The maximum absolute atomic E-state index is 14.9. The molecule has 0 aliphatic carbocycles. The molecule has 0 bridgehead atoms. The highest BCUT2D eigenvalue weighted by molar-refractivity contribution is 5.98. The number of aromatic nitrogens is 2. The van der Waals surface area contributed by atoms with Crippen LogP contribution in [0.2, 0.25) is 0 Å². The van der Waals surface area contributed by atoms with Gasteiger partial charge >= 0.3 is 12.2 Å². The lowest BCUT2D eigenvalue weighted by Crippen LogP contribution is -2.49. The first-order valence-corrected chi connectivity index (χ1v) is 15.2. The van der Waals surface area contributed by atoms with E-state index in [2.05, 4.69) is 15.6 Å². The molecule has 4 aromatic rings. The van der Waals surface area contributed by atoms with E-state index in [9.17, 15) is 23.2 Å². The third-order valence-corrected chi connectivity index (χ3v) is 7.46. The average Bonchev–Trinajstić information content (AvgIpc) is 3.38. The first kappa shape index (κ1) is 34.0. The van der Waals surface area contributed by atoms with Crippen molar-refractivity contribution in [3.8, 4) is 11.3 Å². The number of hydroxylamine groups is 1. The number of urea groups is 1. The topological polar surface area (TPSA) is 127 Å². The number of hydrogen-bond acceptors (Lipinski definition) is 8. The van der Waals surface area contributed by atoms with Crippen molar-refractivity contribution in [1.82, 2.24) is 19.9 Å². The van der Waals surface area contributed by atoms with Crippen molar-refractivity contribution in [1.29, 1.82) is 0 Å². The van der Waals surface area contributed by atoms with Crippen LogP contribution < -0.4 is 15.7 Å². The Hall–Kier alpha value is -5.34. The number of nitrogens with zero attached hydrogens (tertiary/aromatic N) is 4. The molecule has 0 unspecified atom stereocenters.